The molecule has 11 nitrogen and oxygen atoms in total. The highest BCUT2D eigenvalue weighted by atomic mass is 19.3. The van der Waals surface area contributed by atoms with Crippen molar-refractivity contribution in [3.05, 3.63) is 47.2 Å². The highest BCUT2D eigenvalue weighted by Gasteiger charge is 2.56. The number of carbonyl (C=O) groups is 1. The molecular weight excluding hydrogens is 763 g/mol. The number of halogens is 5. The Morgan fingerprint density at radius 1 is 1.03 bits per heavy atom. The van der Waals surface area contributed by atoms with Crippen LogP contribution in [0, 0.1) is 24.0 Å². The van der Waals surface area contributed by atoms with Crippen LogP contribution in [0.1, 0.15) is 70.6 Å². The summed E-state index contributed by atoms with van der Waals surface area (Å²) in [6.45, 7) is 6.07. The number of methoxy groups -OCH3 is 1. The second-order valence-corrected chi connectivity index (χ2v) is 17.0. The molecule has 4 aromatic rings. The monoisotopic (exact) mass is 806 g/mol. The molecule has 4 saturated heterocycles. The number of hydrogen-bond donors (Lipinski definition) is 0. The summed E-state index contributed by atoms with van der Waals surface area (Å²) in [5.41, 5.74) is -3.63. The van der Waals surface area contributed by atoms with Crippen LogP contribution in [-0.4, -0.2) is 106 Å². The molecule has 5 aliphatic rings. The Morgan fingerprint density at radius 2 is 1.84 bits per heavy atom. The van der Waals surface area contributed by atoms with Gasteiger partial charge in [0.1, 0.15) is 52.7 Å². The molecule has 4 fully saturated rings. The van der Waals surface area contributed by atoms with Crippen LogP contribution in [0.5, 0.6) is 11.8 Å². The van der Waals surface area contributed by atoms with E-state index in [-0.39, 0.29) is 72.4 Å². The highest BCUT2D eigenvalue weighted by Crippen LogP contribution is 2.51. The van der Waals surface area contributed by atoms with Crippen molar-refractivity contribution in [2.45, 2.75) is 101 Å². The smallest absolute Gasteiger partial charge is 0.410 e. The van der Waals surface area contributed by atoms with Crippen molar-refractivity contribution in [3.63, 3.8) is 0 Å². The molecule has 9 rings (SSSR count). The lowest BCUT2D eigenvalue weighted by Gasteiger charge is -2.47. The fraction of sp³-hybridized carbons (Fsp3) is 0.524. The zero-order chi connectivity index (χ0) is 40.9. The first-order valence-corrected chi connectivity index (χ1v) is 19.6. The van der Waals surface area contributed by atoms with Gasteiger partial charge in [0.05, 0.1) is 34.6 Å². The second-order valence-electron chi connectivity index (χ2n) is 17.0. The van der Waals surface area contributed by atoms with E-state index in [2.05, 4.69) is 15.9 Å². The maximum absolute atomic E-state index is 17.6. The number of carbonyl (C=O) groups excluding carboxylic acids is 1. The van der Waals surface area contributed by atoms with Gasteiger partial charge in [-0.25, -0.2) is 22.9 Å². The van der Waals surface area contributed by atoms with E-state index in [4.69, 9.17) is 30.4 Å². The Bertz CT molecular complexity index is 2390. The van der Waals surface area contributed by atoms with Crippen molar-refractivity contribution in [2.24, 2.45) is 0 Å². The fourth-order valence-corrected chi connectivity index (χ4v) is 9.94. The number of alkyl halides is 3. The van der Waals surface area contributed by atoms with Gasteiger partial charge in [-0.1, -0.05) is 12.0 Å². The molecule has 5 aliphatic heterocycles. The topological polar surface area (TPSA) is 102 Å². The van der Waals surface area contributed by atoms with Gasteiger partial charge in [0.25, 0.3) is 5.92 Å². The number of rotatable bonds is 7. The Labute approximate surface area is 331 Å². The van der Waals surface area contributed by atoms with E-state index >= 15 is 17.6 Å². The maximum Gasteiger partial charge on any atom is 0.410 e. The third kappa shape index (κ3) is 6.23. The van der Waals surface area contributed by atoms with Crippen molar-refractivity contribution in [1.82, 2.24) is 24.8 Å². The molecule has 2 aromatic heterocycles. The van der Waals surface area contributed by atoms with E-state index in [1.807, 2.05) is 4.90 Å². The van der Waals surface area contributed by atoms with E-state index in [0.717, 1.165) is 12.5 Å². The molecule has 0 unspecified atom stereocenters. The number of amides is 1. The lowest BCUT2D eigenvalue weighted by atomic mass is 9.94. The van der Waals surface area contributed by atoms with Gasteiger partial charge >= 0.3 is 12.1 Å². The number of hydrogen-bond acceptors (Lipinski definition) is 10. The molecule has 7 heterocycles. The summed E-state index contributed by atoms with van der Waals surface area (Å²) in [4.78, 5) is 32.5. The van der Waals surface area contributed by atoms with Crippen molar-refractivity contribution >= 4 is 33.6 Å². The van der Waals surface area contributed by atoms with E-state index < -0.39 is 82.4 Å². The SMILES string of the molecule is C#Cc1c(F)ccc2cc(OCOC)cc(-c3nc4c5c(nc(OC[C@@]67CCCN6C[C@H](F)C7)nc5c3F)N3C[C@H]5CC[C@@H]([C@H]3CC4(F)F)N5C(=O)OC(C)(C)C)c12. The minimum Gasteiger partial charge on any atom is -0.468 e. The van der Waals surface area contributed by atoms with Crippen LogP contribution in [0.2, 0.25) is 0 Å². The van der Waals surface area contributed by atoms with Crippen LogP contribution in [0.25, 0.3) is 32.9 Å². The number of benzene rings is 2. The quantitative estimate of drug-likeness (QED) is 0.106. The van der Waals surface area contributed by atoms with Crippen LogP contribution in [0.15, 0.2) is 24.3 Å². The molecule has 306 valence electrons. The number of fused-ring (bicyclic) bond motifs is 7. The molecule has 2 aromatic carbocycles. The third-order valence-corrected chi connectivity index (χ3v) is 12.2. The molecule has 16 heteroatoms. The molecule has 1 amide bonds. The third-order valence-electron chi connectivity index (χ3n) is 12.2. The van der Waals surface area contributed by atoms with Crippen LogP contribution in [0.4, 0.5) is 32.6 Å². The zero-order valence-electron chi connectivity index (χ0n) is 32.6. The first-order chi connectivity index (χ1) is 27.6. The highest BCUT2D eigenvalue weighted by molar-refractivity contribution is 6.04. The van der Waals surface area contributed by atoms with Gasteiger partial charge in [-0.15, -0.1) is 6.42 Å². The molecule has 58 heavy (non-hydrogen) atoms. The van der Waals surface area contributed by atoms with Gasteiger partial charge in [-0.3, -0.25) is 9.80 Å². The normalized spacial score (nSPS) is 26.1. The molecule has 0 radical (unpaired) electrons. The van der Waals surface area contributed by atoms with Crippen LogP contribution in [0.3, 0.4) is 0 Å². The van der Waals surface area contributed by atoms with Gasteiger partial charge in [0, 0.05) is 44.0 Å². The number of terminal acetylenes is 1. The van der Waals surface area contributed by atoms with Crippen molar-refractivity contribution in [1.29, 1.82) is 0 Å². The van der Waals surface area contributed by atoms with Crippen molar-refractivity contribution < 1.29 is 45.7 Å². The summed E-state index contributed by atoms with van der Waals surface area (Å²) in [6.07, 6.45) is 6.05. The zero-order valence-corrected chi connectivity index (χ0v) is 32.6. The largest absolute Gasteiger partial charge is 0.468 e. The lowest BCUT2D eigenvalue weighted by molar-refractivity contribution is -0.0378. The maximum atomic E-state index is 17.6. The first kappa shape index (κ1) is 38.5. The van der Waals surface area contributed by atoms with Crippen molar-refractivity contribution in [3.8, 4) is 35.4 Å². The average molecular weight is 807 g/mol. The van der Waals surface area contributed by atoms with E-state index in [1.165, 1.54) is 19.2 Å². The number of aromatic nitrogens is 3. The van der Waals surface area contributed by atoms with Crippen molar-refractivity contribution in [2.75, 3.05) is 45.0 Å². The fourth-order valence-electron chi connectivity index (χ4n) is 9.94. The number of piperazine rings is 1. The summed E-state index contributed by atoms with van der Waals surface area (Å²) in [7, 11) is 1.41. The summed E-state index contributed by atoms with van der Waals surface area (Å²) in [6, 6.07) is 3.09. The van der Waals surface area contributed by atoms with E-state index in [0.29, 0.717) is 31.2 Å². The summed E-state index contributed by atoms with van der Waals surface area (Å²) in [5.74, 6) is -3.13. The van der Waals surface area contributed by atoms with Crippen LogP contribution < -0.4 is 14.4 Å². The Balaban J connectivity index is 1.26. The van der Waals surface area contributed by atoms with Gasteiger partial charge in [0.2, 0.25) is 0 Å². The Kier molecular flexibility index (Phi) is 9.16. The van der Waals surface area contributed by atoms with Gasteiger partial charge in [-0.05, 0) is 76.6 Å². The Hall–Kier alpha value is -5.01. The predicted octanol–water partition coefficient (Wildman–Crippen LogP) is 7.49. The summed E-state index contributed by atoms with van der Waals surface area (Å²) in [5, 5.41) is 0.0804. The van der Waals surface area contributed by atoms with Crippen LogP contribution in [-0.2, 0) is 15.4 Å². The molecule has 0 saturated carbocycles. The second kappa shape index (κ2) is 13.8. The van der Waals surface area contributed by atoms with Crippen LogP contribution >= 0.6 is 0 Å². The summed E-state index contributed by atoms with van der Waals surface area (Å²) >= 11 is 0. The predicted molar refractivity (Wildman–Crippen MR) is 204 cm³/mol. The van der Waals surface area contributed by atoms with Gasteiger partial charge in [0.15, 0.2) is 12.6 Å². The van der Waals surface area contributed by atoms with Gasteiger partial charge < -0.3 is 23.8 Å². The molecular formula is C42H43F5N6O5. The molecule has 2 bridgehead atoms. The summed E-state index contributed by atoms with van der Waals surface area (Å²) < 4.78 is 105. The minimum atomic E-state index is -3.72. The van der Waals surface area contributed by atoms with E-state index in [9.17, 15) is 9.18 Å². The number of pyridine rings is 1. The molecule has 0 N–H and O–H groups in total. The lowest BCUT2D eigenvalue weighted by Crippen LogP contribution is -2.62. The molecule has 0 spiro atoms. The molecule has 0 aliphatic carbocycles. The first-order valence-electron chi connectivity index (χ1n) is 19.6. The van der Waals surface area contributed by atoms with Gasteiger partial charge in [-0.2, -0.15) is 18.7 Å². The number of ether oxygens (including phenoxy) is 4. The average Bonchev–Trinajstić information content (AvgIpc) is 3.80. The minimum absolute atomic E-state index is 0.00360. The standard InChI is InChI=1S/C42H43F5N6O5/c1-6-26-28(44)10-8-22-14-25(57-21-55-5)15-27(31(22)26)34-33(45)35-32-36(48-34)42(46,47)17-30-29-11-9-24(53(29)39(54)58-40(2,3)4)19-52(30)37(32)50-38(49-35)56-20-41-12-7-13-51(41)18-23(43)16-41/h1,8,10,14-15,23-24,29-30H,7,9,11-13,16-21H2,2-5H3/t23-,24-,29+,30-,41+/m1/s1. The number of nitrogens with zero attached hydrogens (tertiary/aromatic N) is 6. The number of anilines is 1. The molecule has 5 atom stereocenters. The van der Waals surface area contributed by atoms with E-state index in [1.54, 1.807) is 36.6 Å². The Morgan fingerprint density at radius 3 is 2.60 bits per heavy atom.